The topological polar surface area (TPSA) is 72.5 Å². The van der Waals surface area contributed by atoms with Crippen molar-refractivity contribution in [2.45, 2.75) is 13.0 Å². The number of hydrogen-bond acceptors (Lipinski definition) is 5. The van der Waals surface area contributed by atoms with Crippen LogP contribution in [0.25, 0.3) is 0 Å². The van der Waals surface area contributed by atoms with E-state index in [1.807, 2.05) is 0 Å². The molecule has 0 aromatic heterocycles. The lowest BCUT2D eigenvalue weighted by atomic mass is 10.1. The highest BCUT2D eigenvalue weighted by atomic mass is 35.5. The van der Waals surface area contributed by atoms with Gasteiger partial charge in [0.25, 0.3) is 0 Å². The van der Waals surface area contributed by atoms with Crippen LogP contribution in [0.2, 0.25) is 5.02 Å². The quantitative estimate of drug-likeness (QED) is 0.842. The lowest BCUT2D eigenvalue weighted by Crippen LogP contribution is -2.26. The highest BCUT2D eigenvalue weighted by Crippen LogP contribution is 2.22. The monoisotopic (exact) mass is 305 g/mol. The van der Waals surface area contributed by atoms with Crippen LogP contribution >= 0.6 is 11.6 Å². The van der Waals surface area contributed by atoms with E-state index >= 15 is 0 Å². The third kappa shape index (κ3) is 5.08. The summed E-state index contributed by atoms with van der Waals surface area (Å²) < 4.78 is 27.1. The van der Waals surface area contributed by atoms with E-state index in [0.717, 1.165) is 6.26 Å². The van der Waals surface area contributed by atoms with Crippen molar-refractivity contribution in [3.8, 4) is 0 Å². The van der Waals surface area contributed by atoms with Crippen LogP contribution in [0.5, 0.6) is 0 Å². The maximum Gasteiger partial charge on any atom is 0.340 e. The second-order valence-corrected chi connectivity index (χ2v) is 6.94. The molecule has 0 spiro atoms. The largest absolute Gasteiger partial charge is 0.465 e. The SMILES string of the molecule is COC(=O)c1cc(Cl)ccc1NC(C)CS(C)(=O)=O. The summed E-state index contributed by atoms with van der Waals surface area (Å²) in [5.41, 5.74) is 0.766. The molecule has 1 N–H and O–H groups in total. The maximum absolute atomic E-state index is 11.6. The van der Waals surface area contributed by atoms with E-state index in [9.17, 15) is 13.2 Å². The van der Waals surface area contributed by atoms with Gasteiger partial charge in [-0.1, -0.05) is 11.6 Å². The van der Waals surface area contributed by atoms with Crippen molar-refractivity contribution in [1.29, 1.82) is 0 Å². The van der Waals surface area contributed by atoms with Gasteiger partial charge in [-0.25, -0.2) is 13.2 Å². The fraction of sp³-hybridized carbons (Fsp3) is 0.417. The number of esters is 1. The maximum atomic E-state index is 11.6. The first-order valence-electron chi connectivity index (χ1n) is 5.55. The van der Waals surface area contributed by atoms with E-state index in [1.165, 1.54) is 13.2 Å². The molecule has 1 atom stereocenters. The number of benzene rings is 1. The number of anilines is 1. The zero-order valence-corrected chi connectivity index (χ0v) is 12.5. The number of carbonyl (C=O) groups excluding carboxylic acids is 1. The summed E-state index contributed by atoms with van der Waals surface area (Å²) in [6.07, 6.45) is 1.16. The molecular formula is C12H16ClNO4S. The Balaban J connectivity index is 2.97. The molecule has 0 bridgehead atoms. The van der Waals surface area contributed by atoms with Gasteiger partial charge in [0, 0.05) is 23.0 Å². The first-order chi connectivity index (χ1) is 8.73. The van der Waals surface area contributed by atoms with Gasteiger partial charge in [-0.3, -0.25) is 0 Å². The molecule has 0 heterocycles. The van der Waals surface area contributed by atoms with Crippen LogP contribution in [0.15, 0.2) is 18.2 Å². The summed E-state index contributed by atoms with van der Waals surface area (Å²) in [7, 11) is -1.82. The Labute approximate surface area is 117 Å². The number of rotatable bonds is 5. The minimum absolute atomic E-state index is 0.0315. The Kier molecular flexibility index (Phi) is 5.20. The molecule has 7 heteroatoms. The van der Waals surface area contributed by atoms with Gasteiger partial charge >= 0.3 is 5.97 Å². The zero-order valence-electron chi connectivity index (χ0n) is 10.9. The summed E-state index contributed by atoms with van der Waals surface area (Å²) >= 11 is 5.83. The van der Waals surface area contributed by atoms with Gasteiger partial charge in [0.05, 0.1) is 18.4 Å². The average Bonchev–Trinajstić information content (AvgIpc) is 2.28. The van der Waals surface area contributed by atoms with E-state index in [2.05, 4.69) is 10.1 Å². The van der Waals surface area contributed by atoms with E-state index in [4.69, 9.17) is 11.6 Å². The number of nitrogens with one attached hydrogen (secondary N) is 1. The van der Waals surface area contributed by atoms with E-state index in [-0.39, 0.29) is 17.4 Å². The second-order valence-electron chi connectivity index (χ2n) is 4.32. The molecule has 5 nitrogen and oxygen atoms in total. The van der Waals surface area contributed by atoms with Crippen molar-refractivity contribution in [3.63, 3.8) is 0 Å². The Hall–Kier alpha value is -1.27. The second kappa shape index (κ2) is 6.25. The van der Waals surface area contributed by atoms with Crippen LogP contribution in [0.3, 0.4) is 0 Å². The van der Waals surface area contributed by atoms with Crippen molar-refractivity contribution in [3.05, 3.63) is 28.8 Å². The standard InChI is InChI=1S/C12H16ClNO4S/c1-8(7-19(3,16)17)14-11-5-4-9(13)6-10(11)12(15)18-2/h4-6,8,14H,7H2,1-3H3. The first-order valence-corrected chi connectivity index (χ1v) is 7.99. The van der Waals surface area contributed by atoms with Crippen molar-refractivity contribution in [1.82, 2.24) is 0 Å². The van der Waals surface area contributed by atoms with Crippen molar-refractivity contribution in [2.75, 3.05) is 24.4 Å². The molecule has 1 aromatic rings. The molecule has 0 saturated carbocycles. The normalized spacial score (nSPS) is 12.8. The lowest BCUT2D eigenvalue weighted by molar-refractivity contribution is 0.0602. The lowest BCUT2D eigenvalue weighted by Gasteiger charge is -2.16. The Morgan fingerprint density at radius 2 is 2.11 bits per heavy atom. The molecule has 106 valence electrons. The number of sulfone groups is 1. The first kappa shape index (κ1) is 15.8. The molecule has 0 aliphatic carbocycles. The summed E-state index contributed by atoms with van der Waals surface area (Å²) in [5.74, 6) is -0.562. The number of methoxy groups -OCH3 is 1. The molecule has 1 aromatic carbocycles. The van der Waals surface area contributed by atoms with E-state index < -0.39 is 15.8 Å². The average molecular weight is 306 g/mol. The third-order valence-corrected chi connectivity index (χ3v) is 3.68. The van der Waals surface area contributed by atoms with Crippen LogP contribution in [-0.2, 0) is 14.6 Å². The van der Waals surface area contributed by atoms with Gasteiger partial charge in [0.15, 0.2) is 0 Å². The summed E-state index contributed by atoms with van der Waals surface area (Å²) in [5, 5.41) is 3.38. The molecule has 0 amide bonds. The van der Waals surface area contributed by atoms with Crippen LogP contribution in [-0.4, -0.2) is 39.5 Å². The number of hydrogen-bond donors (Lipinski definition) is 1. The van der Waals surface area contributed by atoms with Crippen molar-refractivity contribution >= 4 is 33.1 Å². The zero-order chi connectivity index (χ0) is 14.6. The van der Waals surface area contributed by atoms with Gasteiger partial charge in [0.1, 0.15) is 9.84 Å². The summed E-state index contributed by atoms with van der Waals surface area (Å²) in [6, 6.07) is 4.37. The fourth-order valence-corrected chi connectivity index (χ4v) is 2.85. The molecule has 1 unspecified atom stereocenters. The Morgan fingerprint density at radius 3 is 2.63 bits per heavy atom. The molecule has 0 aliphatic rings. The summed E-state index contributed by atoms with van der Waals surface area (Å²) in [4.78, 5) is 11.6. The highest BCUT2D eigenvalue weighted by molar-refractivity contribution is 7.90. The minimum Gasteiger partial charge on any atom is -0.465 e. The number of ether oxygens (including phenoxy) is 1. The molecule has 0 fully saturated rings. The third-order valence-electron chi connectivity index (χ3n) is 2.34. The molecule has 0 saturated heterocycles. The van der Waals surface area contributed by atoms with Gasteiger partial charge in [-0.15, -0.1) is 0 Å². The van der Waals surface area contributed by atoms with Gasteiger partial charge in [-0.2, -0.15) is 0 Å². The molecule has 1 rings (SSSR count). The van der Waals surface area contributed by atoms with Crippen LogP contribution in [0.4, 0.5) is 5.69 Å². The van der Waals surface area contributed by atoms with Crippen LogP contribution in [0, 0.1) is 0 Å². The number of halogens is 1. The van der Waals surface area contributed by atoms with Gasteiger partial charge < -0.3 is 10.1 Å². The van der Waals surface area contributed by atoms with E-state index in [0.29, 0.717) is 10.7 Å². The highest BCUT2D eigenvalue weighted by Gasteiger charge is 2.16. The Morgan fingerprint density at radius 1 is 1.47 bits per heavy atom. The van der Waals surface area contributed by atoms with Crippen LogP contribution in [0.1, 0.15) is 17.3 Å². The van der Waals surface area contributed by atoms with Gasteiger partial charge in [-0.05, 0) is 25.1 Å². The predicted octanol–water partition coefficient (Wildman–Crippen LogP) is 1.97. The fourth-order valence-electron chi connectivity index (χ4n) is 1.68. The predicted molar refractivity (Wildman–Crippen MR) is 75.6 cm³/mol. The molecular weight excluding hydrogens is 290 g/mol. The summed E-state index contributed by atoms with van der Waals surface area (Å²) in [6.45, 7) is 1.72. The molecule has 0 aliphatic heterocycles. The molecule has 0 radical (unpaired) electrons. The van der Waals surface area contributed by atoms with E-state index in [1.54, 1.807) is 19.1 Å². The molecule has 19 heavy (non-hydrogen) atoms. The minimum atomic E-state index is -3.10. The number of carbonyl (C=O) groups is 1. The van der Waals surface area contributed by atoms with Crippen LogP contribution < -0.4 is 5.32 Å². The van der Waals surface area contributed by atoms with Crippen molar-refractivity contribution < 1.29 is 17.9 Å². The van der Waals surface area contributed by atoms with Gasteiger partial charge in [0.2, 0.25) is 0 Å². The van der Waals surface area contributed by atoms with Crippen molar-refractivity contribution in [2.24, 2.45) is 0 Å². The Bertz CT molecular complexity index is 571. The smallest absolute Gasteiger partial charge is 0.340 e.